The Morgan fingerprint density at radius 1 is 0.519 bits per heavy atom. The van der Waals surface area contributed by atoms with Crippen molar-refractivity contribution in [2.45, 2.75) is 0 Å². The van der Waals surface area contributed by atoms with Gasteiger partial charge in [0, 0.05) is 58.0 Å². The summed E-state index contributed by atoms with van der Waals surface area (Å²) in [5.74, 6) is 0. The minimum atomic E-state index is 1.24. The van der Waals surface area contributed by atoms with Gasteiger partial charge in [0.15, 0.2) is 0 Å². The van der Waals surface area contributed by atoms with Crippen molar-refractivity contribution in [1.29, 1.82) is 0 Å². The maximum absolute atomic E-state index is 4.00. The van der Waals surface area contributed by atoms with Crippen molar-refractivity contribution in [2.75, 3.05) is 0 Å². The zero-order chi connectivity index (χ0) is 18.3. The molecule has 0 unspecified atom stereocenters. The number of fused-ring (bicyclic) bond motifs is 3. The van der Waals surface area contributed by atoms with Crippen LogP contribution < -0.4 is 0 Å². The highest BCUT2D eigenvalue weighted by molar-refractivity contribution is 7.17. The standard InChI is InChI=1S/3C7H5NS/c1-3-8-5-6-2-4-9-7(1)6;1-3-8-5-7-6(1)2-4-9-7;1-2-8-3-7-5-9-4-6(1)7/h3*1-5H. The van der Waals surface area contributed by atoms with Gasteiger partial charge in [0.25, 0.3) is 0 Å². The summed E-state index contributed by atoms with van der Waals surface area (Å²) in [5.41, 5.74) is 0. The molecular weight excluding hydrogens is 390 g/mol. The van der Waals surface area contributed by atoms with Gasteiger partial charge < -0.3 is 0 Å². The topological polar surface area (TPSA) is 38.7 Å². The van der Waals surface area contributed by atoms with E-state index in [9.17, 15) is 0 Å². The quantitative estimate of drug-likeness (QED) is 0.276. The van der Waals surface area contributed by atoms with E-state index in [-0.39, 0.29) is 0 Å². The zero-order valence-electron chi connectivity index (χ0n) is 14.2. The third-order valence-corrected chi connectivity index (χ3v) is 6.33. The Labute approximate surface area is 168 Å². The van der Waals surface area contributed by atoms with Crippen molar-refractivity contribution in [3.05, 3.63) is 89.0 Å². The van der Waals surface area contributed by atoms with Gasteiger partial charge in [-0.2, -0.15) is 11.3 Å². The third kappa shape index (κ3) is 4.54. The summed E-state index contributed by atoms with van der Waals surface area (Å²) in [6, 6.07) is 10.2. The van der Waals surface area contributed by atoms with Gasteiger partial charge >= 0.3 is 0 Å². The average Bonchev–Trinajstić information content (AvgIpc) is 3.48. The largest absolute Gasteiger partial charge is 0.264 e. The molecule has 6 rings (SSSR count). The van der Waals surface area contributed by atoms with Crippen LogP contribution in [-0.4, -0.2) is 15.0 Å². The first-order chi connectivity index (χ1) is 13.4. The normalized spacial score (nSPS) is 10.2. The van der Waals surface area contributed by atoms with Gasteiger partial charge in [-0.05, 0) is 57.2 Å². The van der Waals surface area contributed by atoms with Crippen LogP contribution in [0, 0.1) is 0 Å². The molecule has 0 saturated heterocycles. The van der Waals surface area contributed by atoms with E-state index in [2.05, 4.69) is 48.6 Å². The van der Waals surface area contributed by atoms with E-state index in [0.717, 1.165) is 0 Å². The second-order valence-electron chi connectivity index (χ2n) is 5.54. The molecule has 0 N–H and O–H groups in total. The average molecular weight is 406 g/mol. The van der Waals surface area contributed by atoms with Gasteiger partial charge in [-0.15, -0.1) is 22.7 Å². The first kappa shape index (κ1) is 17.7. The molecule has 132 valence electrons. The Morgan fingerprint density at radius 2 is 1.15 bits per heavy atom. The monoisotopic (exact) mass is 405 g/mol. The summed E-state index contributed by atoms with van der Waals surface area (Å²) in [4.78, 5) is 12.0. The molecule has 0 aliphatic rings. The van der Waals surface area contributed by atoms with E-state index >= 15 is 0 Å². The lowest BCUT2D eigenvalue weighted by Crippen LogP contribution is -1.65. The van der Waals surface area contributed by atoms with Gasteiger partial charge in [-0.25, -0.2) is 0 Å². The number of aromatic nitrogens is 3. The molecule has 6 heterocycles. The lowest BCUT2D eigenvalue weighted by molar-refractivity contribution is 1.37. The Bertz CT molecular complexity index is 1010. The van der Waals surface area contributed by atoms with E-state index in [4.69, 9.17) is 0 Å². The lowest BCUT2D eigenvalue weighted by Gasteiger charge is -1.81. The predicted octanol–water partition coefficient (Wildman–Crippen LogP) is 6.89. The molecule has 6 aromatic heterocycles. The molecule has 0 amide bonds. The second kappa shape index (κ2) is 8.81. The van der Waals surface area contributed by atoms with Crippen molar-refractivity contribution in [2.24, 2.45) is 0 Å². The summed E-state index contributed by atoms with van der Waals surface area (Å²) < 4.78 is 2.57. The molecule has 6 heteroatoms. The Morgan fingerprint density at radius 3 is 1.93 bits per heavy atom. The van der Waals surface area contributed by atoms with Crippen molar-refractivity contribution >= 4 is 65.0 Å². The maximum atomic E-state index is 4.00. The van der Waals surface area contributed by atoms with Gasteiger partial charge in [-0.1, -0.05) is 0 Å². The smallest absolute Gasteiger partial charge is 0.0526 e. The lowest BCUT2D eigenvalue weighted by atomic mass is 10.3. The first-order valence-electron chi connectivity index (χ1n) is 8.20. The molecule has 6 aromatic rings. The van der Waals surface area contributed by atoms with Gasteiger partial charge in [0.2, 0.25) is 0 Å². The van der Waals surface area contributed by atoms with Crippen LogP contribution in [0.5, 0.6) is 0 Å². The minimum absolute atomic E-state index is 1.24. The number of hydrogen-bond donors (Lipinski definition) is 0. The van der Waals surface area contributed by atoms with E-state index in [1.165, 1.54) is 30.9 Å². The Hall–Kier alpha value is -2.67. The minimum Gasteiger partial charge on any atom is -0.264 e. The molecule has 0 saturated carbocycles. The summed E-state index contributed by atoms with van der Waals surface area (Å²) in [7, 11) is 0. The van der Waals surface area contributed by atoms with Crippen molar-refractivity contribution in [3.8, 4) is 0 Å². The Kier molecular flexibility index (Phi) is 5.79. The number of hydrogen-bond acceptors (Lipinski definition) is 6. The molecule has 0 spiro atoms. The highest BCUT2D eigenvalue weighted by Gasteiger charge is 1.90. The van der Waals surface area contributed by atoms with Crippen molar-refractivity contribution < 1.29 is 0 Å². The van der Waals surface area contributed by atoms with Gasteiger partial charge in [0.05, 0.1) is 4.70 Å². The Balaban J connectivity index is 0.0000001000. The van der Waals surface area contributed by atoms with Crippen molar-refractivity contribution in [3.63, 3.8) is 0 Å². The molecule has 0 aromatic carbocycles. The number of pyridine rings is 3. The van der Waals surface area contributed by atoms with Crippen LogP contribution >= 0.6 is 34.0 Å². The molecule has 3 nitrogen and oxygen atoms in total. The number of thiophene rings is 3. The summed E-state index contributed by atoms with van der Waals surface area (Å²) in [5, 5.41) is 13.4. The summed E-state index contributed by atoms with van der Waals surface area (Å²) in [6.45, 7) is 0. The van der Waals surface area contributed by atoms with Crippen LogP contribution in [0.3, 0.4) is 0 Å². The molecule has 0 fully saturated rings. The molecular formula is C21H15N3S3. The second-order valence-corrected chi connectivity index (χ2v) is 8.18. The van der Waals surface area contributed by atoms with Crippen LogP contribution in [0.15, 0.2) is 89.0 Å². The fraction of sp³-hybridized carbons (Fsp3) is 0. The maximum Gasteiger partial charge on any atom is 0.0526 e. The van der Waals surface area contributed by atoms with E-state index in [0.29, 0.717) is 0 Å². The number of rotatable bonds is 0. The first-order valence-corrected chi connectivity index (χ1v) is 10.9. The molecule has 27 heavy (non-hydrogen) atoms. The van der Waals surface area contributed by atoms with E-state index < -0.39 is 0 Å². The molecule has 0 aliphatic heterocycles. The molecule has 0 atom stereocenters. The van der Waals surface area contributed by atoms with Crippen LogP contribution in [0.2, 0.25) is 0 Å². The predicted molar refractivity (Wildman–Crippen MR) is 119 cm³/mol. The SMILES string of the molecule is c1cc2ccsc2cn1.c1cc2cscc2cn1.c1cc2sccc2cn1. The zero-order valence-corrected chi connectivity index (χ0v) is 16.7. The van der Waals surface area contributed by atoms with E-state index in [1.54, 1.807) is 34.0 Å². The summed E-state index contributed by atoms with van der Waals surface area (Å²) in [6.07, 6.45) is 11.1. The van der Waals surface area contributed by atoms with Crippen molar-refractivity contribution in [1.82, 2.24) is 15.0 Å². The van der Waals surface area contributed by atoms with Gasteiger partial charge in [-0.3, -0.25) is 15.0 Å². The highest BCUT2D eigenvalue weighted by atomic mass is 32.1. The van der Waals surface area contributed by atoms with E-state index in [1.807, 2.05) is 55.4 Å². The fourth-order valence-corrected chi connectivity index (χ4v) is 4.70. The van der Waals surface area contributed by atoms with Crippen LogP contribution in [0.25, 0.3) is 30.9 Å². The number of nitrogens with zero attached hydrogens (tertiary/aromatic N) is 3. The molecule has 0 bridgehead atoms. The van der Waals surface area contributed by atoms with Crippen LogP contribution in [-0.2, 0) is 0 Å². The van der Waals surface area contributed by atoms with Crippen LogP contribution in [0.4, 0.5) is 0 Å². The highest BCUT2D eigenvalue weighted by Crippen LogP contribution is 2.18. The van der Waals surface area contributed by atoms with Crippen LogP contribution in [0.1, 0.15) is 0 Å². The summed E-state index contributed by atoms with van der Waals surface area (Å²) >= 11 is 5.18. The fourth-order valence-electron chi connectivity index (χ4n) is 2.42. The molecule has 0 radical (unpaired) electrons. The third-order valence-electron chi connectivity index (χ3n) is 3.79. The molecule has 0 aliphatic carbocycles. The van der Waals surface area contributed by atoms with Gasteiger partial charge in [0.1, 0.15) is 0 Å².